The molecular formula is C28H43N5. The highest BCUT2D eigenvalue weighted by Gasteiger charge is 2.26. The van der Waals surface area contributed by atoms with Gasteiger partial charge in [-0.3, -0.25) is 4.90 Å². The standard InChI is InChI=1S/C28H43N5/c1-21-11-13-25(22(2)31-21)28(29)26-14-12-24(20-27(26)30-3)33-18-16-32(17-19-33)15-7-10-23-8-5-4-6-9-23/h12,14,20,23,25,29-31H,1-2,4-11,13,15-19H2,3H3. The fourth-order valence-electron chi connectivity index (χ4n) is 5.86. The zero-order chi connectivity index (χ0) is 23.2. The van der Waals surface area contributed by atoms with Gasteiger partial charge in [0.1, 0.15) is 0 Å². The van der Waals surface area contributed by atoms with E-state index in [9.17, 15) is 0 Å². The molecule has 5 nitrogen and oxygen atoms in total. The number of rotatable bonds is 8. The monoisotopic (exact) mass is 449 g/mol. The number of hydrogen-bond acceptors (Lipinski definition) is 5. The van der Waals surface area contributed by atoms with Crippen LogP contribution in [0.2, 0.25) is 0 Å². The molecule has 1 aliphatic carbocycles. The third-order valence-corrected chi connectivity index (χ3v) is 7.95. The molecule has 0 aromatic heterocycles. The van der Waals surface area contributed by atoms with Crippen molar-refractivity contribution in [3.63, 3.8) is 0 Å². The molecule has 3 aliphatic rings. The summed E-state index contributed by atoms with van der Waals surface area (Å²) in [4.78, 5) is 5.15. The first-order chi connectivity index (χ1) is 16.0. The predicted molar refractivity (Wildman–Crippen MR) is 141 cm³/mol. The number of anilines is 2. The number of nitrogens with one attached hydrogen (secondary N) is 3. The van der Waals surface area contributed by atoms with Crippen LogP contribution in [0.3, 0.4) is 0 Å². The molecule has 3 fully saturated rings. The van der Waals surface area contributed by atoms with E-state index in [1.807, 2.05) is 7.05 Å². The van der Waals surface area contributed by atoms with E-state index < -0.39 is 0 Å². The van der Waals surface area contributed by atoms with Crippen LogP contribution in [0.5, 0.6) is 0 Å². The normalized spacial score (nSPS) is 22.8. The summed E-state index contributed by atoms with van der Waals surface area (Å²) in [5, 5.41) is 15.4. The van der Waals surface area contributed by atoms with E-state index in [0.717, 1.165) is 67.6 Å². The van der Waals surface area contributed by atoms with E-state index in [1.165, 1.54) is 57.2 Å². The first-order valence-electron chi connectivity index (χ1n) is 13.1. The first kappa shape index (κ1) is 23.9. The number of nitrogens with zero attached hydrogens (tertiary/aromatic N) is 2. The molecule has 180 valence electrons. The first-order valence-corrected chi connectivity index (χ1v) is 13.1. The Hall–Kier alpha value is -2.27. The van der Waals surface area contributed by atoms with Crippen molar-refractivity contribution in [2.45, 2.75) is 57.8 Å². The summed E-state index contributed by atoms with van der Waals surface area (Å²) in [7, 11) is 1.95. The molecule has 1 aromatic rings. The summed E-state index contributed by atoms with van der Waals surface area (Å²) in [5.41, 5.74) is 5.79. The summed E-state index contributed by atoms with van der Waals surface area (Å²) in [6.45, 7) is 13.9. The lowest BCUT2D eigenvalue weighted by Gasteiger charge is -2.37. The fourth-order valence-corrected chi connectivity index (χ4v) is 5.86. The highest BCUT2D eigenvalue weighted by molar-refractivity contribution is 6.06. The number of piperidine rings is 1. The zero-order valence-corrected chi connectivity index (χ0v) is 20.6. The van der Waals surface area contributed by atoms with Gasteiger partial charge < -0.3 is 20.9 Å². The largest absolute Gasteiger partial charge is 0.388 e. The Morgan fingerprint density at radius 3 is 2.55 bits per heavy atom. The van der Waals surface area contributed by atoms with Gasteiger partial charge in [-0.15, -0.1) is 0 Å². The number of allylic oxidation sites excluding steroid dienone is 2. The second-order valence-electron chi connectivity index (χ2n) is 10.2. The fraction of sp³-hybridized carbons (Fsp3) is 0.607. The minimum Gasteiger partial charge on any atom is -0.388 e. The van der Waals surface area contributed by atoms with Gasteiger partial charge in [-0.2, -0.15) is 0 Å². The molecule has 3 N–H and O–H groups in total. The summed E-state index contributed by atoms with van der Waals surface area (Å²) in [5.74, 6) is 1.03. The van der Waals surface area contributed by atoms with Crippen LogP contribution in [-0.4, -0.2) is 50.4 Å². The van der Waals surface area contributed by atoms with Gasteiger partial charge in [0, 0.05) is 73.2 Å². The molecule has 2 saturated heterocycles. The quantitative estimate of drug-likeness (QED) is 0.452. The number of piperazine rings is 1. The van der Waals surface area contributed by atoms with Gasteiger partial charge in [-0.05, 0) is 56.3 Å². The molecule has 5 heteroatoms. The summed E-state index contributed by atoms with van der Waals surface area (Å²) in [6.07, 6.45) is 11.9. The van der Waals surface area contributed by atoms with Gasteiger partial charge in [0.15, 0.2) is 0 Å². The molecule has 2 heterocycles. The highest BCUT2D eigenvalue weighted by atomic mass is 15.3. The van der Waals surface area contributed by atoms with Crippen LogP contribution in [0.15, 0.2) is 42.8 Å². The smallest absolute Gasteiger partial charge is 0.0496 e. The average molecular weight is 450 g/mol. The van der Waals surface area contributed by atoms with Crippen LogP contribution in [0.25, 0.3) is 0 Å². The van der Waals surface area contributed by atoms with Crippen LogP contribution in [0, 0.1) is 17.2 Å². The van der Waals surface area contributed by atoms with Gasteiger partial charge in [-0.25, -0.2) is 0 Å². The van der Waals surface area contributed by atoms with E-state index in [-0.39, 0.29) is 5.92 Å². The Morgan fingerprint density at radius 2 is 1.85 bits per heavy atom. The van der Waals surface area contributed by atoms with E-state index in [2.05, 4.69) is 51.8 Å². The van der Waals surface area contributed by atoms with Crippen LogP contribution >= 0.6 is 0 Å². The molecule has 4 rings (SSSR count). The molecular weight excluding hydrogens is 406 g/mol. The Kier molecular flexibility index (Phi) is 8.13. The van der Waals surface area contributed by atoms with Crippen molar-refractivity contribution in [3.05, 3.63) is 48.3 Å². The molecule has 0 amide bonds. The Morgan fingerprint density at radius 1 is 1.09 bits per heavy atom. The lowest BCUT2D eigenvalue weighted by atomic mass is 9.86. The van der Waals surface area contributed by atoms with Crippen molar-refractivity contribution in [1.29, 1.82) is 5.41 Å². The van der Waals surface area contributed by atoms with E-state index in [1.54, 1.807) is 0 Å². The average Bonchev–Trinajstić information content (AvgIpc) is 2.84. The maximum atomic E-state index is 8.85. The van der Waals surface area contributed by atoms with Crippen LogP contribution in [0.4, 0.5) is 11.4 Å². The lowest BCUT2D eigenvalue weighted by molar-refractivity contribution is 0.237. The molecule has 1 unspecified atom stereocenters. The maximum absolute atomic E-state index is 8.85. The predicted octanol–water partition coefficient (Wildman–Crippen LogP) is 5.61. The van der Waals surface area contributed by atoms with Gasteiger partial charge in [0.05, 0.1) is 0 Å². The van der Waals surface area contributed by atoms with E-state index in [0.29, 0.717) is 5.71 Å². The maximum Gasteiger partial charge on any atom is 0.0496 e. The van der Waals surface area contributed by atoms with Gasteiger partial charge in [-0.1, -0.05) is 45.3 Å². The van der Waals surface area contributed by atoms with E-state index in [4.69, 9.17) is 5.41 Å². The van der Waals surface area contributed by atoms with Crippen molar-refractivity contribution >= 4 is 17.1 Å². The summed E-state index contributed by atoms with van der Waals surface area (Å²) < 4.78 is 0. The molecule has 33 heavy (non-hydrogen) atoms. The van der Waals surface area contributed by atoms with Crippen molar-refractivity contribution in [2.24, 2.45) is 11.8 Å². The van der Waals surface area contributed by atoms with Gasteiger partial charge in [0.25, 0.3) is 0 Å². The SMILES string of the molecule is C=C1CCC(C(=N)c2ccc(N3CCN(CCCC4CCCCC4)CC3)cc2NC)C(=C)N1. The third kappa shape index (κ3) is 6.00. The second kappa shape index (κ2) is 11.2. The number of benzene rings is 1. The summed E-state index contributed by atoms with van der Waals surface area (Å²) >= 11 is 0. The van der Waals surface area contributed by atoms with Crippen LogP contribution in [0.1, 0.15) is 63.4 Å². The Bertz CT molecular complexity index is 846. The van der Waals surface area contributed by atoms with Gasteiger partial charge >= 0.3 is 0 Å². The molecule has 2 aliphatic heterocycles. The highest BCUT2D eigenvalue weighted by Crippen LogP contribution is 2.32. The molecule has 0 radical (unpaired) electrons. The van der Waals surface area contributed by atoms with Crippen LogP contribution < -0.4 is 15.5 Å². The lowest BCUT2D eigenvalue weighted by Crippen LogP contribution is -2.46. The molecule has 0 spiro atoms. The Labute approximate surface area is 200 Å². The molecule has 0 bridgehead atoms. The van der Waals surface area contributed by atoms with E-state index >= 15 is 0 Å². The van der Waals surface area contributed by atoms with Crippen molar-refractivity contribution in [2.75, 3.05) is 50.0 Å². The zero-order valence-electron chi connectivity index (χ0n) is 20.6. The number of hydrogen-bond donors (Lipinski definition) is 3. The minimum absolute atomic E-state index is 0.0330. The second-order valence-corrected chi connectivity index (χ2v) is 10.2. The molecule has 1 aromatic carbocycles. The van der Waals surface area contributed by atoms with Crippen LogP contribution in [-0.2, 0) is 0 Å². The summed E-state index contributed by atoms with van der Waals surface area (Å²) in [6, 6.07) is 6.54. The van der Waals surface area contributed by atoms with Crippen molar-refractivity contribution in [1.82, 2.24) is 10.2 Å². The van der Waals surface area contributed by atoms with Crippen molar-refractivity contribution < 1.29 is 0 Å². The van der Waals surface area contributed by atoms with Gasteiger partial charge in [0.2, 0.25) is 0 Å². The Balaban J connectivity index is 1.30. The van der Waals surface area contributed by atoms with Crippen molar-refractivity contribution in [3.8, 4) is 0 Å². The topological polar surface area (TPSA) is 54.4 Å². The molecule has 1 atom stereocenters. The molecule has 1 saturated carbocycles. The third-order valence-electron chi connectivity index (χ3n) is 7.95. The minimum atomic E-state index is 0.0330.